The molecular formula is C20H30N4O. The molecule has 2 heterocycles. The second-order valence-corrected chi connectivity index (χ2v) is 7.05. The second kappa shape index (κ2) is 7.91. The van der Waals surface area contributed by atoms with Crippen LogP contribution < -0.4 is 20.3 Å². The van der Waals surface area contributed by atoms with Crippen molar-refractivity contribution >= 4 is 17.5 Å². The maximum atomic E-state index is 7.89. The van der Waals surface area contributed by atoms with Crippen molar-refractivity contribution in [1.29, 1.82) is 5.41 Å². The van der Waals surface area contributed by atoms with Crippen LogP contribution in [0.2, 0.25) is 0 Å². The quantitative estimate of drug-likeness (QED) is 0.667. The van der Waals surface area contributed by atoms with Crippen LogP contribution in [0, 0.1) is 5.41 Å². The van der Waals surface area contributed by atoms with Crippen LogP contribution in [0.1, 0.15) is 37.8 Å². The number of rotatable bonds is 7. The number of ether oxygens (including phenoxy) is 1. The van der Waals surface area contributed by atoms with Gasteiger partial charge in [-0.15, -0.1) is 0 Å². The van der Waals surface area contributed by atoms with Gasteiger partial charge in [0.2, 0.25) is 0 Å². The molecule has 0 spiro atoms. The average Bonchev–Trinajstić information content (AvgIpc) is 2.58. The van der Waals surface area contributed by atoms with E-state index >= 15 is 0 Å². The number of fused-ring (bicyclic) bond motifs is 1. The van der Waals surface area contributed by atoms with Crippen molar-refractivity contribution in [3.05, 3.63) is 29.5 Å². The van der Waals surface area contributed by atoms with Crippen LogP contribution in [0.15, 0.2) is 18.3 Å². The topological polar surface area (TPSA) is 60.4 Å². The van der Waals surface area contributed by atoms with Crippen LogP contribution in [0.25, 0.3) is 5.57 Å². The van der Waals surface area contributed by atoms with Gasteiger partial charge >= 0.3 is 0 Å². The fourth-order valence-corrected chi connectivity index (χ4v) is 3.38. The van der Waals surface area contributed by atoms with Gasteiger partial charge in [0.1, 0.15) is 5.75 Å². The van der Waals surface area contributed by atoms with Crippen molar-refractivity contribution in [2.24, 2.45) is 0 Å². The average molecular weight is 342 g/mol. The third-order valence-electron chi connectivity index (χ3n) is 5.26. The monoisotopic (exact) mass is 342 g/mol. The summed E-state index contributed by atoms with van der Waals surface area (Å²) < 4.78 is 6.19. The summed E-state index contributed by atoms with van der Waals surface area (Å²) in [5.74, 6) is 0.960. The predicted octanol–water partition coefficient (Wildman–Crippen LogP) is 2.80. The van der Waals surface area contributed by atoms with Gasteiger partial charge in [-0.2, -0.15) is 0 Å². The summed E-state index contributed by atoms with van der Waals surface area (Å²) in [7, 11) is 2.16. The number of benzene rings is 1. The summed E-state index contributed by atoms with van der Waals surface area (Å²) in [4.78, 5) is 2.34. The molecule has 0 aromatic heterocycles. The molecular weight excluding hydrogens is 312 g/mol. The zero-order valence-corrected chi connectivity index (χ0v) is 15.6. The molecule has 2 aliphatic rings. The summed E-state index contributed by atoms with van der Waals surface area (Å²) in [5, 5.41) is 14.5. The van der Waals surface area contributed by atoms with E-state index in [1.165, 1.54) is 17.5 Å². The maximum absolute atomic E-state index is 7.89. The van der Waals surface area contributed by atoms with Gasteiger partial charge in [-0.1, -0.05) is 6.92 Å². The second-order valence-electron chi connectivity index (χ2n) is 7.05. The maximum Gasteiger partial charge on any atom is 0.132 e. The molecule has 2 aliphatic heterocycles. The number of anilines is 1. The summed E-state index contributed by atoms with van der Waals surface area (Å²) >= 11 is 0. The number of hydrogen-bond acceptors (Lipinski definition) is 5. The van der Waals surface area contributed by atoms with Crippen LogP contribution in [-0.4, -0.2) is 45.0 Å². The molecule has 3 rings (SSSR count). The minimum absolute atomic E-state index is 0.458. The van der Waals surface area contributed by atoms with Crippen molar-refractivity contribution in [2.45, 2.75) is 45.2 Å². The van der Waals surface area contributed by atoms with E-state index in [9.17, 15) is 0 Å². The minimum Gasteiger partial charge on any atom is -0.493 e. The van der Waals surface area contributed by atoms with Crippen LogP contribution >= 0.6 is 0 Å². The molecule has 0 amide bonds. The molecule has 1 aromatic rings. The molecule has 0 bridgehead atoms. The lowest BCUT2D eigenvalue weighted by Crippen LogP contribution is -2.53. The third-order valence-corrected chi connectivity index (χ3v) is 5.26. The van der Waals surface area contributed by atoms with Gasteiger partial charge in [0, 0.05) is 61.0 Å². The Kier molecular flexibility index (Phi) is 5.63. The normalized spacial score (nSPS) is 20.7. The van der Waals surface area contributed by atoms with E-state index in [-0.39, 0.29) is 0 Å². The fraction of sp³-hybridized carbons (Fsp3) is 0.550. The van der Waals surface area contributed by atoms with Gasteiger partial charge < -0.3 is 25.7 Å². The van der Waals surface area contributed by atoms with Crippen LogP contribution in [0.4, 0.5) is 5.69 Å². The Balaban J connectivity index is 1.98. The van der Waals surface area contributed by atoms with Gasteiger partial charge in [-0.3, -0.25) is 0 Å². The zero-order valence-electron chi connectivity index (χ0n) is 15.6. The molecule has 136 valence electrons. The Morgan fingerprint density at radius 1 is 1.44 bits per heavy atom. The Morgan fingerprint density at radius 3 is 2.88 bits per heavy atom. The number of hydrogen-bond donors (Lipinski definition) is 3. The summed E-state index contributed by atoms with van der Waals surface area (Å²) in [6.45, 7) is 7.06. The third kappa shape index (κ3) is 3.66. The number of nitrogens with one attached hydrogen (secondary N) is 3. The smallest absolute Gasteiger partial charge is 0.132 e. The molecule has 0 saturated carbocycles. The molecule has 3 N–H and O–H groups in total. The predicted molar refractivity (Wildman–Crippen MR) is 105 cm³/mol. The SMILES string of the molecule is CCCOc1c(/C(C=N)=C/NC2CNC2)ccc2c1CCC(C)N2C. The van der Waals surface area contributed by atoms with Gasteiger partial charge in [0.15, 0.2) is 0 Å². The van der Waals surface area contributed by atoms with Gasteiger partial charge in [0.25, 0.3) is 0 Å². The molecule has 0 aliphatic carbocycles. The molecule has 1 aromatic carbocycles. The van der Waals surface area contributed by atoms with E-state index in [1.807, 2.05) is 6.20 Å². The minimum atomic E-state index is 0.458. The number of allylic oxidation sites excluding steroid dienone is 1. The lowest BCUT2D eigenvalue weighted by Gasteiger charge is -2.35. The highest BCUT2D eigenvalue weighted by atomic mass is 16.5. The Labute approximate surface area is 150 Å². The number of nitrogens with zero attached hydrogens (tertiary/aromatic N) is 1. The molecule has 1 saturated heterocycles. The van der Waals surface area contributed by atoms with E-state index in [0.717, 1.165) is 49.2 Å². The highest BCUT2D eigenvalue weighted by Gasteiger charge is 2.25. The highest BCUT2D eigenvalue weighted by molar-refractivity contribution is 6.09. The van der Waals surface area contributed by atoms with Crippen LogP contribution in [-0.2, 0) is 6.42 Å². The Bertz CT molecular complexity index is 651. The summed E-state index contributed by atoms with van der Waals surface area (Å²) in [6.07, 6.45) is 6.53. The summed E-state index contributed by atoms with van der Waals surface area (Å²) in [5.41, 5.74) is 4.44. The first-order valence-corrected chi connectivity index (χ1v) is 9.35. The van der Waals surface area contributed by atoms with Crippen molar-refractivity contribution in [3.8, 4) is 5.75 Å². The first kappa shape index (κ1) is 17.8. The van der Waals surface area contributed by atoms with Gasteiger partial charge in [0.05, 0.1) is 12.6 Å². The van der Waals surface area contributed by atoms with Crippen molar-refractivity contribution < 1.29 is 4.74 Å². The first-order chi connectivity index (χ1) is 12.2. The van der Waals surface area contributed by atoms with E-state index in [2.05, 4.69) is 48.6 Å². The molecule has 5 nitrogen and oxygen atoms in total. The molecule has 1 fully saturated rings. The standard InChI is InChI=1S/C20H30N4O/c1-4-9-25-20-17(15(10-21)11-23-16-12-22-13-16)7-8-19-18(20)6-5-14(2)24(19)3/h7-8,10-11,14,16,21-23H,4-6,9,12-13H2,1-3H3/b15-11+,21-10?. The largest absolute Gasteiger partial charge is 0.493 e. The van der Waals surface area contributed by atoms with E-state index < -0.39 is 0 Å². The van der Waals surface area contributed by atoms with Gasteiger partial charge in [-0.25, -0.2) is 0 Å². The first-order valence-electron chi connectivity index (χ1n) is 9.35. The van der Waals surface area contributed by atoms with E-state index in [0.29, 0.717) is 18.7 Å². The highest BCUT2D eigenvalue weighted by Crippen LogP contribution is 2.40. The van der Waals surface area contributed by atoms with E-state index in [4.69, 9.17) is 10.1 Å². The van der Waals surface area contributed by atoms with E-state index in [1.54, 1.807) is 0 Å². The van der Waals surface area contributed by atoms with Gasteiger partial charge in [-0.05, 0) is 38.3 Å². The lowest BCUT2D eigenvalue weighted by atomic mass is 9.92. The molecule has 5 heteroatoms. The Hall–Kier alpha value is -2.01. The molecule has 25 heavy (non-hydrogen) atoms. The van der Waals surface area contributed by atoms with Crippen molar-refractivity contribution in [2.75, 3.05) is 31.6 Å². The fourth-order valence-electron chi connectivity index (χ4n) is 3.38. The summed E-state index contributed by atoms with van der Waals surface area (Å²) in [6, 6.07) is 5.29. The van der Waals surface area contributed by atoms with Crippen LogP contribution in [0.3, 0.4) is 0 Å². The molecule has 1 atom stereocenters. The van der Waals surface area contributed by atoms with Crippen molar-refractivity contribution in [1.82, 2.24) is 10.6 Å². The lowest BCUT2D eigenvalue weighted by molar-refractivity contribution is 0.312. The molecule has 0 radical (unpaired) electrons. The molecule has 1 unspecified atom stereocenters. The van der Waals surface area contributed by atoms with Crippen LogP contribution in [0.5, 0.6) is 5.75 Å². The zero-order chi connectivity index (χ0) is 17.8. The van der Waals surface area contributed by atoms with Crippen molar-refractivity contribution in [3.63, 3.8) is 0 Å². The Morgan fingerprint density at radius 2 is 2.24 bits per heavy atom.